The first-order valence-electron chi connectivity index (χ1n) is 10.8. The number of amides is 1. The molecular weight excluding hydrogens is 388 g/mol. The second kappa shape index (κ2) is 7.94. The highest BCUT2D eigenvalue weighted by molar-refractivity contribution is 6.33. The first-order chi connectivity index (χ1) is 14.2. The maximum absolute atomic E-state index is 12.5. The molecule has 0 radical (unpaired) electrons. The van der Waals surface area contributed by atoms with Crippen molar-refractivity contribution in [3.8, 4) is 0 Å². The number of carbonyl (C=O) groups is 1. The molecule has 29 heavy (non-hydrogen) atoms. The fourth-order valence-electron chi connectivity index (χ4n) is 4.98. The Balaban J connectivity index is 1.30. The van der Waals surface area contributed by atoms with E-state index in [0.29, 0.717) is 16.5 Å². The summed E-state index contributed by atoms with van der Waals surface area (Å²) in [6.45, 7) is 2.77. The summed E-state index contributed by atoms with van der Waals surface area (Å²) in [4.78, 5) is 19.3. The Bertz CT molecular complexity index is 907. The van der Waals surface area contributed by atoms with Crippen molar-refractivity contribution in [1.82, 2.24) is 25.1 Å². The van der Waals surface area contributed by atoms with E-state index in [1.54, 1.807) is 12.3 Å². The summed E-state index contributed by atoms with van der Waals surface area (Å²) in [6.07, 6.45) is 10.5. The molecule has 2 aliphatic heterocycles. The number of aromatic nitrogens is 4. The molecule has 0 spiro atoms. The van der Waals surface area contributed by atoms with Gasteiger partial charge < -0.3 is 14.8 Å². The lowest BCUT2D eigenvalue weighted by atomic mass is 9.97. The van der Waals surface area contributed by atoms with Crippen molar-refractivity contribution in [2.75, 3.05) is 18.0 Å². The predicted molar refractivity (Wildman–Crippen MR) is 112 cm³/mol. The number of pyridine rings is 1. The second-order valence-electron chi connectivity index (χ2n) is 8.50. The van der Waals surface area contributed by atoms with Gasteiger partial charge in [-0.2, -0.15) is 0 Å². The zero-order chi connectivity index (χ0) is 19.8. The van der Waals surface area contributed by atoms with Crippen LogP contribution in [0.15, 0.2) is 12.3 Å². The van der Waals surface area contributed by atoms with Crippen molar-refractivity contribution in [3.63, 3.8) is 0 Å². The van der Waals surface area contributed by atoms with Gasteiger partial charge in [0.05, 0.1) is 10.6 Å². The minimum atomic E-state index is -0.0756. The van der Waals surface area contributed by atoms with Crippen LogP contribution in [0.4, 0.5) is 5.82 Å². The Kier molecular flexibility index (Phi) is 5.16. The molecule has 0 aromatic carbocycles. The summed E-state index contributed by atoms with van der Waals surface area (Å²) in [7, 11) is 0. The van der Waals surface area contributed by atoms with E-state index in [9.17, 15) is 4.79 Å². The maximum Gasteiger partial charge on any atom is 0.253 e. The van der Waals surface area contributed by atoms with Crippen LogP contribution in [-0.2, 0) is 13.0 Å². The molecule has 1 saturated carbocycles. The highest BCUT2D eigenvalue weighted by Crippen LogP contribution is 2.33. The Morgan fingerprint density at radius 1 is 1.10 bits per heavy atom. The number of hydrogen-bond acceptors (Lipinski definition) is 5. The minimum absolute atomic E-state index is 0.0756. The van der Waals surface area contributed by atoms with Crippen molar-refractivity contribution in [2.45, 2.75) is 69.9 Å². The van der Waals surface area contributed by atoms with Crippen LogP contribution in [0, 0.1) is 0 Å². The van der Waals surface area contributed by atoms with E-state index >= 15 is 0 Å². The standard InChI is InChI=1S/C21H27ClN6O/c22-17-11-15(21(29)24-16-6-1-2-7-16)12-23-20(17)27-9-3-5-14(13-27)19-26-25-18-8-4-10-28(18)19/h11-12,14,16H,1-10,13H2,(H,24,29). The van der Waals surface area contributed by atoms with Gasteiger partial charge in [-0.05, 0) is 38.2 Å². The molecule has 1 amide bonds. The van der Waals surface area contributed by atoms with Gasteiger partial charge in [-0.1, -0.05) is 24.4 Å². The Morgan fingerprint density at radius 3 is 2.79 bits per heavy atom. The smallest absolute Gasteiger partial charge is 0.253 e. The molecule has 2 aromatic heterocycles. The van der Waals surface area contributed by atoms with Gasteiger partial charge in [-0.25, -0.2) is 4.98 Å². The summed E-state index contributed by atoms with van der Waals surface area (Å²) >= 11 is 6.57. The molecule has 0 bridgehead atoms. The minimum Gasteiger partial charge on any atom is -0.355 e. The number of hydrogen-bond donors (Lipinski definition) is 1. The van der Waals surface area contributed by atoms with E-state index in [2.05, 4.69) is 30.0 Å². The van der Waals surface area contributed by atoms with Crippen molar-refractivity contribution in [3.05, 3.63) is 34.5 Å². The first-order valence-corrected chi connectivity index (χ1v) is 11.2. The fraction of sp³-hybridized carbons (Fsp3) is 0.619. The monoisotopic (exact) mass is 414 g/mol. The number of nitrogens with one attached hydrogen (secondary N) is 1. The SMILES string of the molecule is O=C(NC1CCCC1)c1cnc(N2CCCC(c3nnc4n3CCC4)C2)c(Cl)c1. The largest absolute Gasteiger partial charge is 0.355 e. The Morgan fingerprint density at radius 2 is 1.97 bits per heavy atom. The highest BCUT2D eigenvalue weighted by Gasteiger charge is 2.30. The fourth-order valence-corrected chi connectivity index (χ4v) is 5.27. The number of piperidine rings is 1. The number of halogens is 1. The zero-order valence-electron chi connectivity index (χ0n) is 16.6. The summed E-state index contributed by atoms with van der Waals surface area (Å²) in [5.74, 6) is 3.24. The lowest BCUT2D eigenvalue weighted by Crippen LogP contribution is -2.36. The van der Waals surface area contributed by atoms with Crippen LogP contribution in [0.25, 0.3) is 0 Å². The third kappa shape index (κ3) is 3.72. The number of rotatable bonds is 4. The highest BCUT2D eigenvalue weighted by atomic mass is 35.5. The van der Waals surface area contributed by atoms with Crippen molar-refractivity contribution in [1.29, 1.82) is 0 Å². The van der Waals surface area contributed by atoms with Crippen LogP contribution < -0.4 is 10.2 Å². The molecule has 1 unspecified atom stereocenters. The molecule has 8 heteroatoms. The topological polar surface area (TPSA) is 75.9 Å². The quantitative estimate of drug-likeness (QED) is 0.830. The molecule has 4 heterocycles. The van der Waals surface area contributed by atoms with Crippen LogP contribution in [0.5, 0.6) is 0 Å². The van der Waals surface area contributed by atoms with Crippen LogP contribution in [0.1, 0.15) is 72.9 Å². The van der Waals surface area contributed by atoms with Crippen LogP contribution in [-0.4, -0.2) is 44.8 Å². The molecule has 7 nitrogen and oxygen atoms in total. The molecule has 1 aliphatic carbocycles. The summed E-state index contributed by atoms with van der Waals surface area (Å²) < 4.78 is 2.29. The lowest BCUT2D eigenvalue weighted by molar-refractivity contribution is 0.0937. The average Bonchev–Trinajstić information content (AvgIpc) is 3.46. The molecule has 2 fully saturated rings. The summed E-state index contributed by atoms with van der Waals surface area (Å²) in [6, 6.07) is 2.04. The van der Waals surface area contributed by atoms with Crippen molar-refractivity contribution in [2.24, 2.45) is 0 Å². The van der Waals surface area contributed by atoms with E-state index in [-0.39, 0.29) is 11.9 Å². The van der Waals surface area contributed by atoms with Gasteiger partial charge in [-0.3, -0.25) is 4.79 Å². The Hall–Kier alpha value is -2.15. The maximum atomic E-state index is 12.5. The predicted octanol–water partition coefficient (Wildman–Crippen LogP) is 3.33. The summed E-state index contributed by atoms with van der Waals surface area (Å²) in [5, 5.41) is 12.5. The van der Waals surface area contributed by atoms with Gasteiger partial charge in [-0.15, -0.1) is 10.2 Å². The van der Waals surface area contributed by atoms with Crippen molar-refractivity contribution >= 4 is 23.3 Å². The zero-order valence-corrected chi connectivity index (χ0v) is 17.4. The van der Waals surface area contributed by atoms with Gasteiger partial charge in [0, 0.05) is 44.2 Å². The van der Waals surface area contributed by atoms with Gasteiger partial charge in [0.25, 0.3) is 5.91 Å². The van der Waals surface area contributed by atoms with Gasteiger partial charge >= 0.3 is 0 Å². The van der Waals surface area contributed by atoms with E-state index < -0.39 is 0 Å². The van der Waals surface area contributed by atoms with Gasteiger partial charge in [0.2, 0.25) is 0 Å². The van der Waals surface area contributed by atoms with E-state index in [1.165, 1.54) is 12.8 Å². The summed E-state index contributed by atoms with van der Waals surface area (Å²) in [5.41, 5.74) is 0.537. The molecule has 1 N–H and O–H groups in total. The molecule has 5 rings (SSSR count). The normalized spacial score (nSPS) is 22.1. The molecular formula is C21H27ClN6O. The van der Waals surface area contributed by atoms with E-state index in [1.807, 2.05) is 0 Å². The third-order valence-corrected chi connectivity index (χ3v) is 6.78. The number of anilines is 1. The van der Waals surface area contributed by atoms with Crippen LogP contribution in [0.3, 0.4) is 0 Å². The van der Waals surface area contributed by atoms with Crippen LogP contribution >= 0.6 is 11.6 Å². The van der Waals surface area contributed by atoms with E-state index in [4.69, 9.17) is 11.6 Å². The molecule has 3 aliphatic rings. The lowest BCUT2D eigenvalue weighted by Gasteiger charge is -2.33. The first kappa shape index (κ1) is 18.9. The average molecular weight is 415 g/mol. The second-order valence-corrected chi connectivity index (χ2v) is 8.91. The molecule has 2 aromatic rings. The van der Waals surface area contributed by atoms with E-state index in [0.717, 1.165) is 75.6 Å². The van der Waals surface area contributed by atoms with Gasteiger partial charge in [0.1, 0.15) is 17.5 Å². The van der Waals surface area contributed by atoms with Gasteiger partial charge in [0.15, 0.2) is 0 Å². The Labute approximate surface area is 175 Å². The molecule has 1 atom stereocenters. The molecule has 154 valence electrons. The number of aryl methyl sites for hydroxylation is 1. The van der Waals surface area contributed by atoms with Crippen LogP contribution in [0.2, 0.25) is 5.02 Å². The third-order valence-electron chi connectivity index (χ3n) is 6.50. The van der Waals surface area contributed by atoms with Crippen molar-refractivity contribution < 1.29 is 4.79 Å². The number of carbonyl (C=O) groups excluding carboxylic acids is 1. The number of fused-ring (bicyclic) bond motifs is 1. The number of nitrogens with zero attached hydrogens (tertiary/aromatic N) is 5. The molecule has 1 saturated heterocycles.